The molecule has 0 aliphatic heterocycles. The van der Waals surface area contributed by atoms with Crippen LogP contribution in [-0.2, 0) is 26.0 Å². The quantitative estimate of drug-likeness (QED) is 0.560. The Morgan fingerprint density at radius 1 is 0.971 bits per heavy atom. The molecule has 2 aromatic rings. The molecule has 2 saturated carbocycles. The van der Waals surface area contributed by atoms with Gasteiger partial charge >= 0.3 is 0 Å². The summed E-state index contributed by atoms with van der Waals surface area (Å²) in [6.45, 7) is -0.120. The molecule has 184 valence electrons. The summed E-state index contributed by atoms with van der Waals surface area (Å²) in [7, 11) is -3.38. The zero-order valence-electron chi connectivity index (χ0n) is 19.5. The van der Waals surface area contributed by atoms with E-state index in [9.17, 15) is 18.3 Å². The van der Waals surface area contributed by atoms with Crippen LogP contribution in [-0.4, -0.2) is 35.8 Å². The molecule has 4 rings (SSSR count). The van der Waals surface area contributed by atoms with Gasteiger partial charge < -0.3 is 15.2 Å². The number of amides is 1. The molecule has 1 unspecified atom stereocenters. The molecule has 8 heteroatoms. The van der Waals surface area contributed by atoms with Gasteiger partial charge in [-0.3, -0.25) is 4.79 Å². The molecule has 1 aromatic carbocycles. The fraction of sp³-hybridized carbons (Fsp3) is 0.538. The van der Waals surface area contributed by atoms with Crippen molar-refractivity contribution in [2.75, 3.05) is 5.32 Å². The molecule has 2 fully saturated rings. The lowest BCUT2D eigenvalue weighted by atomic mass is 9.97. The minimum atomic E-state index is -3.38. The number of carbonyl (C=O) groups is 1. The van der Waals surface area contributed by atoms with Crippen LogP contribution in [0.4, 0.5) is 5.82 Å². The Hall–Kier alpha value is -2.29. The van der Waals surface area contributed by atoms with Crippen LogP contribution in [0.1, 0.15) is 81.4 Å². The summed E-state index contributed by atoms with van der Waals surface area (Å²) in [5.74, 6) is 0.0219. The number of sulfone groups is 1. The number of aromatic nitrogens is 1. The zero-order chi connectivity index (χ0) is 24.0. The van der Waals surface area contributed by atoms with E-state index in [0.29, 0.717) is 34.7 Å². The lowest BCUT2D eigenvalue weighted by molar-refractivity contribution is -0.133. The number of anilines is 1. The van der Waals surface area contributed by atoms with E-state index in [1.54, 1.807) is 36.4 Å². The van der Waals surface area contributed by atoms with Crippen molar-refractivity contribution in [3.8, 4) is 0 Å². The van der Waals surface area contributed by atoms with E-state index in [-0.39, 0.29) is 23.9 Å². The van der Waals surface area contributed by atoms with Gasteiger partial charge in [0.2, 0.25) is 0 Å². The summed E-state index contributed by atoms with van der Waals surface area (Å²) in [6.07, 6.45) is 10.2. The third-order valence-electron chi connectivity index (χ3n) is 6.88. The smallest absolute Gasteiger partial charge is 0.259 e. The molecule has 2 aliphatic carbocycles. The maximum absolute atomic E-state index is 13.2. The third-order valence-corrected chi connectivity index (χ3v) is 9.16. The fourth-order valence-electron chi connectivity index (χ4n) is 4.87. The Kier molecular flexibility index (Phi) is 8.34. The number of carbonyl (C=O) groups excluding carboxylic acids is 1. The molecule has 34 heavy (non-hydrogen) atoms. The highest BCUT2D eigenvalue weighted by atomic mass is 32.2. The number of hydrogen-bond acceptors (Lipinski definition) is 6. The van der Waals surface area contributed by atoms with Gasteiger partial charge in [-0.1, -0.05) is 56.7 Å². The van der Waals surface area contributed by atoms with Crippen LogP contribution in [0.15, 0.2) is 47.5 Å². The van der Waals surface area contributed by atoms with Gasteiger partial charge in [0.15, 0.2) is 15.9 Å². The molecule has 2 N–H and O–H groups in total. The minimum Gasteiger partial charge on any atom is -0.392 e. The highest BCUT2D eigenvalue weighted by Crippen LogP contribution is 2.31. The van der Waals surface area contributed by atoms with E-state index >= 15 is 0 Å². The number of ether oxygens (including phenoxy) is 1. The molecular formula is C26H34N2O5S. The Bertz CT molecular complexity index is 1040. The van der Waals surface area contributed by atoms with Gasteiger partial charge in [-0.2, -0.15) is 0 Å². The van der Waals surface area contributed by atoms with Crippen LogP contribution in [0.5, 0.6) is 0 Å². The van der Waals surface area contributed by atoms with Crippen molar-refractivity contribution in [3.05, 3.63) is 53.7 Å². The second-order valence-electron chi connectivity index (χ2n) is 9.35. The lowest BCUT2D eigenvalue weighted by Gasteiger charge is -2.27. The predicted octanol–water partition coefficient (Wildman–Crippen LogP) is 4.71. The highest BCUT2D eigenvalue weighted by Gasteiger charge is 2.30. The van der Waals surface area contributed by atoms with E-state index in [1.807, 2.05) is 0 Å². The molecule has 0 saturated heterocycles. The van der Waals surface area contributed by atoms with Gasteiger partial charge in [-0.25, -0.2) is 13.4 Å². The molecule has 2 aliphatic rings. The number of aliphatic hydroxyl groups excluding tert-OH is 1. The van der Waals surface area contributed by atoms with Crippen LogP contribution in [0.3, 0.4) is 0 Å². The largest absolute Gasteiger partial charge is 0.392 e. The van der Waals surface area contributed by atoms with Crippen LogP contribution >= 0.6 is 0 Å². The Morgan fingerprint density at radius 2 is 1.62 bits per heavy atom. The second-order valence-corrected chi connectivity index (χ2v) is 11.6. The van der Waals surface area contributed by atoms with Gasteiger partial charge in [0.25, 0.3) is 5.91 Å². The van der Waals surface area contributed by atoms with Gasteiger partial charge in [-0.15, -0.1) is 0 Å². The van der Waals surface area contributed by atoms with E-state index in [1.165, 1.54) is 12.6 Å². The van der Waals surface area contributed by atoms with Crippen LogP contribution < -0.4 is 5.32 Å². The average molecular weight is 487 g/mol. The number of aliphatic hydroxyl groups is 1. The van der Waals surface area contributed by atoms with Crippen LogP contribution in [0.25, 0.3) is 0 Å². The van der Waals surface area contributed by atoms with Gasteiger partial charge in [0.05, 0.1) is 22.9 Å². The van der Waals surface area contributed by atoms with E-state index in [0.717, 1.165) is 44.9 Å². The van der Waals surface area contributed by atoms with Gasteiger partial charge in [-0.05, 0) is 55.0 Å². The first-order chi connectivity index (χ1) is 16.5. The topological polar surface area (TPSA) is 106 Å². The fourth-order valence-corrected chi connectivity index (χ4v) is 6.72. The first-order valence-electron chi connectivity index (χ1n) is 12.3. The number of nitrogens with zero attached hydrogens (tertiary/aromatic N) is 1. The summed E-state index contributed by atoms with van der Waals surface area (Å²) in [5.41, 5.74) is 1.28. The second kappa shape index (κ2) is 11.4. The number of rotatable bonds is 8. The SMILES string of the molecule is O=C(Nc1ccc(CO)cn1)C(OC1CCCCC1)c1ccc(S(=O)(=O)C2CCCCC2)cc1. The van der Waals surface area contributed by atoms with Crippen molar-refractivity contribution in [1.29, 1.82) is 0 Å². The molecule has 0 bridgehead atoms. The van der Waals surface area contributed by atoms with Crippen molar-refractivity contribution in [2.45, 2.75) is 93.2 Å². The number of pyridine rings is 1. The molecular weight excluding hydrogens is 452 g/mol. The molecule has 0 spiro atoms. The highest BCUT2D eigenvalue weighted by molar-refractivity contribution is 7.92. The first-order valence-corrected chi connectivity index (χ1v) is 13.9. The van der Waals surface area contributed by atoms with Gasteiger partial charge in [0, 0.05) is 6.20 Å². The van der Waals surface area contributed by atoms with Crippen molar-refractivity contribution in [2.24, 2.45) is 0 Å². The third kappa shape index (κ3) is 6.03. The minimum absolute atomic E-state index is 0.0140. The van der Waals surface area contributed by atoms with Crippen LogP contribution in [0.2, 0.25) is 0 Å². The summed E-state index contributed by atoms with van der Waals surface area (Å²) >= 11 is 0. The molecule has 1 aromatic heterocycles. The Labute approximate surface area is 201 Å². The zero-order valence-corrected chi connectivity index (χ0v) is 20.3. The summed E-state index contributed by atoms with van der Waals surface area (Å²) in [4.78, 5) is 17.7. The summed E-state index contributed by atoms with van der Waals surface area (Å²) < 4.78 is 32.4. The maximum Gasteiger partial charge on any atom is 0.259 e. The van der Waals surface area contributed by atoms with Gasteiger partial charge in [0.1, 0.15) is 5.82 Å². The van der Waals surface area contributed by atoms with E-state index in [2.05, 4.69) is 10.3 Å². The molecule has 1 heterocycles. The molecule has 1 atom stereocenters. The summed E-state index contributed by atoms with van der Waals surface area (Å²) in [6, 6.07) is 9.96. The lowest BCUT2D eigenvalue weighted by Crippen LogP contribution is -2.29. The van der Waals surface area contributed by atoms with E-state index in [4.69, 9.17) is 4.74 Å². The molecule has 7 nitrogen and oxygen atoms in total. The molecule has 0 radical (unpaired) electrons. The average Bonchev–Trinajstić information content (AvgIpc) is 2.89. The predicted molar refractivity (Wildman–Crippen MR) is 130 cm³/mol. The monoisotopic (exact) mass is 486 g/mol. The molecule has 1 amide bonds. The number of nitrogens with one attached hydrogen (secondary N) is 1. The number of hydrogen-bond donors (Lipinski definition) is 2. The van der Waals surface area contributed by atoms with Crippen molar-refractivity contribution in [1.82, 2.24) is 4.98 Å². The Morgan fingerprint density at radius 3 is 2.21 bits per heavy atom. The maximum atomic E-state index is 13.2. The van der Waals surface area contributed by atoms with Crippen LogP contribution in [0, 0.1) is 0 Å². The van der Waals surface area contributed by atoms with E-state index < -0.39 is 15.9 Å². The first kappa shape index (κ1) is 24.8. The van der Waals surface area contributed by atoms with Crippen molar-refractivity contribution >= 4 is 21.6 Å². The Balaban J connectivity index is 1.54. The summed E-state index contributed by atoms with van der Waals surface area (Å²) in [5, 5.41) is 11.7. The standard InChI is InChI=1S/C26H34N2O5S/c29-18-19-11-16-24(27-17-19)28-26(30)25(33-21-7-3-1-4-8-21)20-12-14-23(15-13-20)34(31,32)22-9-5-2-6-10-22/h11-17,21-22,25,29H,1-10,18H2,(H,27,28,30). The number of benzene rings is 1. The van der Waals surface area contributed by atoms with Crippen molar-refractivity contribution in [3.63, 3.8) is 0 Å². The normalized spacial score (nSPS) is 19.0. The van der Waals surface area contributed by atoms with Crippen molar-refractivity contribution < 1.29 is 23.1 Å².